The summed E-state index contributed by atoms with van der Waals surface area (Å²) in [7, 11) is 0. The normalized spacial score (nSPS) is 25.6. The van der Waals surface area contributed by atoms with Gasteiger partial charge in [0.05, 0.1) is 6.10 Å². The number of aliphatic hydroxyl groups excluding tert-OH is 1. The Balaban J connectivity index is 2.09. The minimum Gasteiger partial charge on any atom is -0.392 e. The third-order valence-corrected chi connectivity index (χ3v) is 3.80. The molecule has 0 aromatic carbocycles. The predicted octanol–water partition coefficient (Wildman–Crippen LogP) is 2.60. The summed E-state index contributed by atoms with van der Waals surface area (Å²) in [6, 6.07) is 0. The van der Waals surface area contributed by atoms with Crippen LogP contribution in [0.5, 0.6) is 0 Å². The standard InChI is InChI=1S/C10H18OS/c1-2-3-4-6-9(11)10-7-5-8-12-10/h2,9-11H,1,3-8H2. The molecule has 2 atom stereocenters. The molecule has 2 unspecified atom stereocenters. The van der Waals surface area contributed by atoms with Gasteiger partial charge in [-0.2, -0.15) is 11.8 Å². The lowest BCUT2D eigenvalue weighted by molar-refractivity contribution is 0.157. The lowest BCUT2D eigenvalue weighted by atomic mass is 10.1. The van der Waals surface area contributed by atoms with Crippen molar-refractivity contribution in [2.75, 3.05) is 5.75 Å². The van der Waals surface area contributed by atoms with Gasteiger partial charge in [0.25, 0.3) is 0 Å². The first kappa shape index (κ1) is 10.1. The van der Waals surface area contributed by atoms with Gasteiger partial charge in [0.1, 0.15) is 0 Å². The van der Waals surface area contributed by atoms with Gasteiger partial charge in [-0.3, -0.25) is 0 Å². The highest BCUT2D eigenvalue weighted by molar-refractivity contribution is 8.00. The van der Waals surface area contributed by atoms with Crippen molar-refractivity contribution in [2.45, 2.75) is 43.5 Å². The molecular formula is C10H18OS. The molecule has 0 amide bonds. The van der Waals surface area contributed by atoms with E-state index < -0.39 is 0 Å². The SMILES string of the molecule is C=CCCCC(O)C1CCCS1. The molecule has 0 saturated carbocycles. The molecule has 1 aliphatic heterocycles. The Morgan fingerprint density at radius 2 is 2.50 bits per heavy atom. The highest BCUT2D eigenvalue weighted by atomic mass is 32.2. The molecule has 0 radical (unpaired) electrons. The Morgan fingerprint density at radius 1 is 1.67 bits per heavy atom. The quantitative estimate of drug-likeness (QED) is 0.526. The molecule has 1 nitrogen and oxygen atoms in total. The fraction of sp³-hybridized carbons (Fsp3) is 0.800. The maximum atomic E-state index is 9.72. The predicted molar refractivity (Wildman–Crippen MR) is 55.5 cm³/mol. The molecule has 1 N–H and O–H groups in total. The van der Waals surface area contributed by atoms with Crippen LogP contribution in [0.2, 0.25) is 0 Å². The second-order valence-electron chi connectivity index (χ2n) is 3.34. The molecule has 1 aliphatic rings. The van der Waals surface area contributed by atoms with Crippen LogP contribution in [0, 0.1) is 0 Å². The molecule has 0 aromatic rings. The van der Waals surface area contributed by atoms with Gasteiger partial charge in [0, 0.05) is 5.25 Å². The second kappa shape index (κ2) is 5.65. The summed E-state index contributed by atoms with van der Waals surface area (Å²) in [6.07, 6.45) is 7.42. The van der Waals surface area contributed by atoms with Crippen molar-refractivity contribution >= 4 is 11.8 Å². The topological polar surface area (TPSA) is 20.2 Å². The first-order valence-corrected chi connectivity index (χ1v) is 5.80. The van der Waals surface area contributed by atoms with E-state index >= 15 is 0 Å². The lowest BCUT2D eigenvalue weighted by Gasteiger charge is -2.15. The molecule has 12 heavy (non-hydrogen) atoms. The Morgan fingerprint density at radius 3 is 3.08 bits per heavy atom. The fourth-order valence-electron chi connectivity index (χ4n) is 1.56. The van der Waals surface area contributed by atoms with Gasteiger partial charge in [-0.05, 0) is 37.9 Å². The Labute approximate surface area is 79.2 Å². The zero-order valence-electron chi connectivity index (χ0n) is 7.54. The molecule has 1 saturated heterocycles. The Kier molecular flexibility index (Phi) is 4.77. The van der Waals surface area contributed by atoms with E-state index in [-0.39, 0.29) is 6.10 Å². The van der Waals surface area contributed by atoms with Crippen LogP contribution in [-0.2, 0) is 0 Å². The number of rotatable bonds is 5. The largest absolute Gasteiger partial charge is 0.392 e. The summed E-state index contributed by atoms with van der Waals surface area (Å²) in [5, 5.41) is 10.2. The van der Waals surface area contributed by atoms with Gasteiger partial charge in [-0.1, -0.05) is 6.08 Å². The Bertz CT molecular complexity index is 130. The van der Waals surface area contributed by atoms with Crippen molar-refractivity contribution in [2.24, 2.45) is 0 Å². The first-order valence-electron chi connectivity index (χ1n) is 4.75. The van der Waals surface area contributed by atoms with E-state index in [0.29, 0.717) is 5.25 Å². The molecule has 0 aromatic heterocycles. The van der Waals surface area contributed by atoms with Crippen molar-refractivity contribution in [3.63, 3.8) is 0 Å². The van der Waals surface area contributed by atoms with Gasteiger partial charge in [-0.15, -0.1) is 6.58 Å². The molecule has 0 aliphatic carbocycles. The van der Waals surface area contributed by atoms with Crippen LogP contribution in [0.1, 0.15) is 32.1 Å². The molecule has 0 spiro atoms. The van der Waals surface area contributed by atoms with E-state index in [1.54, 1.807) is 0 Å². The molecule has 1 fully saturated rings. The molecule has 70 valence electrons. The first-order chi connectivity index (χ1) is 5.84. The smallest absolute Gasteiger partial charge is 0.0658 e. The number of aliphatic hydroxyl groups is 1. The van der Waals surface area contributed by atoms with Crippen molar-refractivity contribution in [3.8, 4) is 0 Å². The van der Waals surface area contributed by atoms with Gasteiger partial charge in [0.2, 0.25) is 0 Å². The Hall–Kier alpha value is 0.0500. The number of allylic oxidation sites excluding steroid dienone is 1. The molecular weight excluding hydrogens is 168 g/mol. The fourth-order valence-corrected chi connectivity index (χ4v) is 2.89. The average Bonchev–Trinajstić information content (AvgIpc) is 2.56. The number of unbranched alkanes of at least 4 members (excludes halogenated alkanes) is 1. The summed E-state index contributed by atoms with van der Waals surface area (Å²) in [5.41, 5.74) is 0. The number of hydrogen-bond donors (Lipinski definition) is 1. The van der Waals surface area contributed by atoms with Crippen molar-refractivity contribution in [1.29, 1.82) is 0 Å². The maximum absolute atomic E-state index is 9.72. The molecule has 1 rings (SSSR count). The average molecular weight is 186 g/mol. The van der Waals surface area contributed by atoms with Crippen LogP contribution >= 0.6 is 11.8 Å². The van der Waals surface area contributed by atoms with Crippen LogP contribution in [0.15, 0.2) is 12.7 Å². The zero-order chi connectivity index (χ0) is 8.81. The molecule has 1 heterocycles. The third-order valence-electron chi connectivity index (χ3n) is 2.30. The van der Waals surface area contributed by atoms with Gasteiger partial charge in [-0.25, -0.2) is 0 Å². The third kappa shape index (κ3) is 3.20. The van der Waals surface area contributed by atoms with Crippen LogP contribution in [-0.4, -0.2) is 22.2 Å². The maximum Gasteiger partial charge on any atom is 0.0658 e. The van der Waals surface area contributed by atoms with E-state index in [1.807, 2.05) is 17.8 Å². The summed E-state index contributed by atoms with van der Waals surface area (Å²) in [4.78, 5) is 0. The monoisotopic (exact) mass is 186 g/mol. The van der Waals surface area contributed by atoms with E-state index in [9.17, 15) is 5.11 Å². The highest BCUT2D eigenvalue weighted by Gasteiger charge is 2.22. The highest BCUT2D eigenvalue weighted by Crippen LogP contribution is 2.30. The van der Waals surface area contributed by atoms with Crippen LogP contribution in [0.4, 0.5) is 0 Å². The number of thioether (sulfide) groups is 1. The van der Waals surface area contributed by atoms with E-state index in [0.717, 1.165) is 19.3 Å². The van der Waals surface area contributed by atoms with Crippen LogP contribution in [0.3, 0.4) is 0 Å². The number of hydrogen-bond acceptors (Lipinski definition) is 2. The summed E-state index contributed by atoms with van der Waals surface area (Å²) >= 11 is 1.93. The molecule has 0 bridgehead atoms. The van der Waals surface area contributed by atoms with Crippen LogP contribution < -0.4 is 0 Å². The van der Waals surface area contributed by atoms with E-state index in [1.165, 1.54) is 18.6 Å². The summed E-state index contributed by atoms with van der Waals surface area (Å²) in [5.74, 6) is 1.24. The van der Waals surface area contributed by atoms with Crippen molar-refractivity contribution in [1.82, 2.24) is 0 Å². The van der Waals surface area contributed by atoms with Crippen molar-refractivity contribution < 1.29 is 5.11 Å². The minimum atomic E-state index is -0.0718. The van der Waals surface area contributed by atoms with Gasteiger partial charge >= 0.3 is 0 Å². The van der Waals surface area contributed by atoms with E-state index in [4.69, 9.17) is 0 Å². The van der Waals surface area contributed by atoms with Gasteiger partial charge < -0.3 is 5.11 Å². The molecule has 2 heteroatoms. The summed E-state index contributed by atoms with van der Waals surface area (Å²) in [6.45, 7) is 3.67. The lowest BCUT2D eigenvalue weighted by Crippen LogP contribution is -2.20. The van der Waals surface area contributed by atoms with E-state index in [2.05, 4.69) is 6.58 Å². The minimum absolute atomic E-state index is 0.0718. The summed E-state index contributed by atoms with van der Waals surface area (Å²) < 4.78 is 0. The van der Waals surface area contributed by atoms with Crippen molar-refractivity contribution in [3.05, 3.63) is 12.7 Å². The van der Waals surface area contributed by atoms with Crippen LogP contribution in [0.25, 0.3) is 0 Å². The van der Waals surface area contributed by atoms with Gasteiger partial charge in [0.15, 0.2) is 0 Å². The zero-order valence-corrected chi connectivity index (χ0v) is 8.35. The second-order valence-corrected chi connectivity index (χ2v) is 4.69.